The molecule has 0 N–H and O–H groups in total. The van der Waals surface area contributed by atoms with Crippen molar-refractivity contribution in [2.24, 2.45) is 0 Å². The van der Waals surface area contributed by atoms with Crippen molar-refractivity contribution < 1.29 is 0 Å². The first-order valence-electron chi connectivity index (χ1n) is 7.61. The van der Waals surface area contributed by atoms with Gasteiger partial charge in [0.25, 0.3) is 0 Å². The van der Waals surface area contributed by atoms with E-state index in [0.29, 0.717) is 0 Å². The molecule has 0 aliphatic rings. The molecule has 0 nitrogen and oxygen atoms in total. The fraction of sp³-hybridized carbons (Fsp3) is 1.00. The van der Waals surface area contributed by atoms with Gasteiger partial charge < -0.3 is 0 Å². The summed E-state index contributed by atoms with van der Waals surface area (Å²) in [4.78, 5) is 0. The first kappa shape index (κ1) is 19.3. The van der Waals surface area contributed by atoms with E-state index in [1.165, 1.54) is 82.4 Å². The molecule has 0 spiro atoms. The second-order valence-electron chi connectivity index (χ2n) is 5.11. The minimum Gasteiger partial charge on any atom is -0.150 e. The summed E-state index contributed by atoms with van der Waals surface area (Å²) in [6.45, 7) is 0. The second kappa shape index (κ2) is 16.3. The van der Waals surface area contributed by atoms with Gasteiger partial charge in [0.2, 0.25) is 7.42 Å². The minimum atomic E-state index is -1.32. The van der Waals surface area contributed by atoms with Crippen molar-refractivity contribution in [3.63, 3.8) is 0 Å². The van der Waals surface area contributed by atoms with Crippen LogP contribution in [0, 0.1) is 0 Å². The van der Waals surface area contributed by atoms with Crippen LogP contribution < -0.4 is 0 Å². The summed E-state index contributed by atoms with van der Waals surface area (Å²) < 4.78 is 0. The van der Waals surface area contributed by atoms with E-state index in [0.717, 1.165) is 6.04 Å². The summed E-state index contributed by atoms with van der Waals surface area (Å²) in [5, 5.41) is 1.17. The van der Waals surface area contributed by atoms with Crippen LogP contribution in [0.15, 0.2) is 0 Å². The molecule has 18 heavy (non-hydrogen) atoms. The lowest BCUT2D eigenvalue weighted by Crippen LogP contribution is -1.91. The monoisotopic (exact) mass is 374 g/mol. The van der Waals surface area contributed by atoms with Crippen molar-refractivity contribution in [2.75, 3.05) is 5.33 Å². The van der Waals surface area contributed by atoms with Gasteiger partial charge in [0.15, 0.2) is 0 Å². The summed E-state index contributed by atoms with van der Waals surface area (Å²) in [5.74, 6) is 0. The molecule has 0 saturated carbocycles. The zero-order chi connectivity index (χ0) is 13.5. The molecular weight excluding hydrogens is 347 g/mol. The summed E-state index contributed by atoms with van der Waals surface area (Å²) >= 11 is 15.1. The minimum absolute atomic E-state index is 1.09. The highest BCUT2D eigenvalue weighted by Crippen LogP contribution is 2.14. The first-order chi connectivity index (χ1) is 8.77. The largest absolute Gasteiger partial charge is 0.237 e. The normalized spacial score (nSPS) is 11.3. The van der Waals surface area contributed by atoms with Crippen molar-refractivity contribution in [1.82, 2.24) is 0 Å². The predicted octanol–water partition coefficient (Wildman–Crippen LogP) is 6.76. The lowest BCUT2D eigenvalue weighted by Gasteiger charge is -2.03. The number of unbranched alkanes of at least 4 members (excludes halogenated alkanes) is 11. The molecule has 0 amide bonds. The Hall–Kier alpha value is 1.28. The van der Waals surface area contributed by atoms with Gasteiger partial charge in [0.1, 0.15) is 0 Å². The van der Waals surface area contributed by atoms with Gasteiger partial charge in [-0.1, -0.05) is 86.6 Å². The molecule has 0 saturated heterocycles. The number of hydrogen-bond acceptors (Lipinski definition) is 0. The van der Waals surface area contributed by atoms with Crippen LogP contribution >= 0.6 is 38.1 Å². The van der Waals surface area contributed by atoms with Gasteiger partial charge in [-0.25, -0.2) is 0 Å². The molecule has 0 aromatic carbocycles. The van der Waals surface area contributed by atoms with Crippen LogP contribution in [-0.2, 0) is 0 Å². The molecular formula is C14H29BrCl2Si. The van der Waals surface area contributed by atoms with E-state index in [1.807, 2.05) is 0 Å². The van der Waals surface area contributed by atoms with Gasteiger partial charge in [-0.2, -0.15) is 22.2 Å². The Kier molecular flexibility index (Phi) is 17.5. The van der Waals surface area contributed by atoms with Crippen LogP contribution in [0.25, 0.3) is 0 Å². The molecule has 0 fully saturated rings. The van der Waals surface area contributed by atoms with Crippen molar-refractivity contribution in [1.29, 1.82) is 0 Å². The average molecular weight is 376 g/mol. The quantitative estimate of drug-likeness (QED) is 0.136. The number of rotatable bonds is 14. The topological polar surface area (TPSA) is 0 Å². The molecule has 0 radical (unpaired) electrons. The molecule has 4 heteroatoms. The molecule has 0 rings (SSSR count). The predicted molar refractivity (Wildman–Crippen MR) is 92.9 cm³/mol. The highest BCUT2D eigenvalue weighted by atomic mass is 79.9. The molecule has 0 aromatic rings. The van der Waals surface area contributed by atoms with Gasteiger partial charge >= 0.3 is 0 Å². The number of hydrogen-bond donors (Lipinski definition) is 0. The third-order valence-corrected chi connectivity index (χ3v) is 6.02. The molecule has 0 aliphatic carbocycles. The van der Waals surface area contributed by atoms with Crippen molar-refractivity contribution in [3.8, 4) is 0 Å². The van der Waals surface area contributed by atoms with E-state index in [9.17, 15) is 0 Å². The Labute approximate surface area is 133 Å². The summed E-state index contributed by atoms with van der Waals surface area (Å²) in [5.41, 5.74) is 0. The number of alkyl halides is 1. The van der Waals surface area contributed by atoms with Crippen molar-refractivity contribution >= 4 is 45.5 Å². The first-order valence-corrected chi connectivity index (χ1v) is 13.0. The van der Waals surface area contributed by atoms with E-state index in [4.69, 9.17) is 22.2 Å². The Morgan fingerprint density at radius 2 is 0.889 bits per heavy atom. The Balaban J connectivity index is 2.90. The third kappa shape index (κ3) is 17.3. The third-order valence-electron chi connectivity index (χ3n) is 3.31. The smallest absolute Gasteiger partial charge is 0.150 e. The zero-order valence-corrected chi connectivity index (χ0v) is 15.9. The Morgan fingerprint density at radius 1 is 0.556 bits per heavy atom. The Bertz CT molecular complexity index is 157. The van der Waals surface area contributed by atoms with E-state index < -0.39 is 7.42 Å². The molecule has 0 bridgehead atoms. The lowest BCUT2D eigenvalue weighted by atomic mass is 10.1. The van der Waals surface area contributed by atoms with Gasteiger partial charge in [0.05, 0.1) is 0 Å². The maximum atomic E-state index is 5.82. The van der Waals surface area contributed by atoms with Crippen LogP contribution in [0.4, 0.5) is 0 Å². The highest BCUT2D eigenvalue weighted by Gasteiger charge is 2.00. The van der Waals surface area contributed by atoms with E-state index in [-0.39, 0.29) is 0 Å². The fourth-order valence-electron chi connectivity index (χ4n) is 2.16. The van der Waals surface area contributed by atoms with Gasteiger partial charge in [0, 0.05) is 5.33 Å². The molecule has 0 aromatic heterocycles. The Morgan fingerprint density at radius 3 is 1.22 bits per heavy atom. The van der Waals surface area contributed by atoms with Gasteiger partial charge in [-0.15, -0.1) is 0 Å². The zero-order valence-electron chi connectivity index (χ0n) is 11.6. The fourth-order valence-corrected chi connectivity index (χ4v) is 4.08. The summed E-state index contributed by atoms with van der Waals surface area (Å²) in [6, 6.07) is 1.09. The standard InChI is InChI=1S/C14H29BrCl2Si/c15-13-11-9-7-5-3-1-2-4-6-8-10-12-14-18(16)17/h18H,1-14H2. The van der Waals surface area contributed by atoms with Gasteiger partial charge in [-0.3, -0.25) is 0 Å². The van der Waals surface area contributed by atoms with E-state index in [2.05, 4.69) is 15.9 Å². The highest BCUT2D eigenvalue weighted by molar-refractivity contribution is 9.09. The van der Waals surface area contributed by atoms with Crippen molar-refractivity contribution in [3.05, 3.63) is 0 Å². The SMILES string of the molecule is Cl[SiH](Cl)CCCCCCCCCCCCCCBr. The maximum absolute atomic E-state index is 5.82. The summed E-state index contributed by atoms with van der Waals surface area (Å²) in [6.07, 6.45) is 16.7. The van der Waals surface area contributed by atoms with Crippen LogP contribution in [0.3, 0.4) is 0 Å². The summed E-state index contributed by atoms with van der Waals surface area (Å²) in [7, 11) is -1.32. The average Bonchev–Trinajstić information content (AvgIpc) is 2.34. The van der Waals surface area contributed by atoms with Crippen LogP contribution in [-0.4, -0.2) is 12.7 Å². The molecule has 0 aliphatic heterocycles. The van der Waals surface area contributed by atoms with E-state index >= 15 is 0 Å². The number of halogens is 3. The molecule has 0 unspecified atom stereocenters. The van der Waals surface area contributed by atoms with Crippen LogP contribution in [0.5, 0.6) is 0 Å². The van der Waals surface area contributed by atoms with Crippen LogP contribution in [0.1, 0.15) is 77.0 Å². The molecule has 110 valence electrons. The maximum Gasteiger partial charge on any atom is 0.237 e. The second-order valence-corrected chi connectivity index (χ2v) is 11.1. The van der Waals surface area contributed by atoms with Crippen molar-refractivity contribution in [2.45, 2.75) is 83.1 Å². The molecule has 0 atom stereocenters. The molecule has 0 heterocycles. The van der Waals surface area contributed by atoms with Gasteiger partial charge in [-0.05, 0) is 12.5 Å². The van der Waals surface area contributed by atoms with E-state index in [1.54, 1.807) is 0 Å². The lowest BCUT2D eigenvalue weighted by molar-refractivity contribution is 0.548. The van der Waals surface area contributed by atoms with Crippen LogP contribution in [0.2, 0.25) is 6.04 Å².